The van der Waals surface area contributed by atoms with Crippen LogP contribution in [0.4, 0.5) is 0 Å². The zero-order valence-electron chi connectivity index (χ0n) is 15.2. The van der Waals surface area contributed by atoms with Crippen molar-refractivity contribution in [1.82, 2.24) is 5.32 Å². The maximum atomic E-state index is 11.1. The molecule has 1 aliphatic carbocycles. The highest BCUT2D eigenvalue weighted by atomic mass is 16.5. The van der Waals surface area contributed by atoms with Crippen molar-refractivity contribution in [2.75, 3.05) is 0 Å². The summed E-state index contributed by atoms with van der Waals surface area (Å²) in [7, 11) is 0. The largest absolute Gasteiger partial charge is 0.489 e. The predicted molar refractivity (Wildman–Crippen MR) is 102 cm³/mol. The van der Waals surface area contributed by atoms with Gasteiger partial charge in [-0.05, 0) is 44.2 Å². The summed E-state index contributed by atoms with van der Waals surface area (Å²) in [5, 5.41) is 12.8. The molecule has 3 rings (SSSR count). The standard InChI is InChI=1S/C22H27NO3/c1-16(23-19-13-11-18(12-14-19)22(24)25)20-9-5-6-10-21(20)26-15-17-7-3-2-4-8-17/h2-10,16,18-19,23H,11-15H2,1H3,(H,24,25)/t16-,18?,19?/m1/s1. The van der Waals surface area contributed by atoms with Gasteiger partial charge in [-0.2, -0.15) is 0 Å². The molecule has 0 aliphatic heterocycles. The van der Waals surface area contributed by atoms with Crippen LogP contribution in [0.15, 0.2) is 54.6 Å². The van der Waals surface area contributed by atoms with Crippen molar-refractivity contribution >= 4 is 5.97 Å². The van der Waals surface area contributed by atoms with E-state index in [1.165, 1.54) is 0 Å². The van der Waals surface area contributed by atoms with Gasteiger partial charge in [0.25, 0.3) is 0 Å². The molecule has 1 saturated carbocycles. The van der Waals surface area contributed by atoms with Crippen LogP contribution in [-0.2, 0) is 11.4 Å². The molecule has 0 radical (unpaired) electrons. The third-order valence-electron chi connectivity index (χ3n) is 5.18. The Kier molecular flexibility index (Phi) is 6.29. The molecular weight excluding hydrogens is 326 g/mol. The van der Waals surface area contributed by atoms with E-state index >= 15 is 0 Å². The van der Waals surface area contributed by atoms with Crippen LogP contribution in [0, 0.1) is 5.92 Å². The molecule has 2 N–H and O–H groups in total. The average molecular weight is 353 g/mol. The van der Waals surface area contributed by atoms with E-state index in [-0.39, 0.29) is 12.0 Å². The van der Waals surface area contributed by atoms with Crippen LogP contribution in [0.25, 0.3) is 0 Å². The van der Waals surface area contributed by atoms with Crippen LogP contribution >= 0.6 is 0 Å². The summed E-state index contributed by atoms with van der Waals surface area (Å²) in [6.07, 6.45) is 3.33. The molecule has 1 fully saturated rings. The number of aliphatic carboxylic acids is 1. The van der Waals surface area contributed by atoms with E-state index in [2.05, 4.69) is 30.4 Å². The molecule has 4 nitrogen and oxygen atoms in total. The monoisotopic (exact) mass is 353 g/mol. The Labute approximate surface area is 155 Å². The molecule has 0 heterocycles. The van der Waals surface area contributed by atoms with E-state index < -0.39 is 5.97 Å². The summed E-state index contributed by atoms with van der Waals surface area (Å²) < 4.78 is 6.06. The first-order valence-corrected chi connectivity index (χ1v) is 9.38. The van der Waals surface area contributed by atoms with Crippen molar-refractivity contribution in [2.45, 2.75) is 51.3 Å². The second-order valence-corrected chi connectivity index (χ2v) is 7.09. The lowest BCUT2D eigenvalue weighted by molar-refractivity contribution is -0.142. The molecule has 0 aromatic heterocycles. The van der Waals surface area contributed by atoms with Crippen molar-refractivity contribution in [3.05, 3.63) is 65.7 Å². The van der Waals surface area contributed by atoms with Gasteiger partial charge in [-0.1, -0.05) is 48.5 Å². The topological polar surface area (TPSA) is 58.6 Å². The van der Waals surface area contributed by atoms with Crippen LogP contribution in [-0.4, -0.2) is 17.1 Å². The van der Waals surface area contributed by atoms with E-state index in [1.54, 1.807) is 0 Å². The molecule has 4 heteroatoms. The summed E-state index contributed by atoms with van der Waals surface area (Å²) in [5.74, 6) is 0.0663. The number of rotatable bonds is 7. The van der Waals surface area contributed by atoms with Gasteiger partial charge >= 0.3 is 5.97 Å². The SMILES string of the molecule is C[C@@H](NC1CCC(C(=O)O)CC1)c1ccccc1OCc1ccccc1. The van der Waals surface area contributed by atoms with Gasteiger partial charge in [-0.25, -0.2) is 0 Å². The van der Waals surface area contributed by atoms with Gasteiger partial charge in [0, 0.05) is 17.6 Å². The Morgan fingerprint density at radius 3 is 2.42 bits per heavy atom. The molecule has 0 spiro atoms. The Balaban J connectivity index is 1.59. The highest BCUT2D eigenvalue weighted by Crippen LogP contribution is 2.29. The van der Waals surface area contributed by atoms with Crippen LogP contribution in [0.1, 0.15) is 49.8 Å². The van der Waals surface area contributed by atoms with E-state index in [4.69, 9.17) is 9.84 Å². The Hall–Kier alpha value is -2.33. The molecule has 1 atom stereocenters. The summed E-state index contributed by atoms with van der Waals surface area (Å²) in [6, 6.07) is 18.8. The van der Waals surface area contributed by atoms with Gasteiger partial charge in [0.1, 0.15) is 12.4 Å². The predicted octanol–water partition coefficient (Wildman–Crippen LogP) is 4.56. The minimum Gasteiger partial charge on any atom is -0.489 e. The second kappa shape index (κ2) is 8.86. The fourth-order valence-electron chi connectivity index (χ4n) is 3.66. The molecule has 0 bridgehead atoms. The highest BCUT2D eigenvalue weighted by molar-refractivity contribution is 5.70. The number of hydrogen-bond donors (Lipinski definition) is 2. The second-order valence-electron chi connectivity index (χ2n) is 7.09. The molecule has 2 aromatic carbocycles. The molecule has 0 unspecified atom stereocenters. The zero-order valence-corrected chi connectivity index (χ0v) is 15.2. The minimum absolute atomic E-state index is 0.161. The van der Waals surface area contributed by atoms with E-state index in [0.717, 1.165) is 42.6 Å². The number of hydrogen-bond acceptors (Lipinski definition) is 3. The normalized spacial score (nSPS) is 21.1. The summed E-state index contributed by atoms with van der Waals surface area (Å²) in [6.45, 7) is 2.70. The number of carboxylic acids is 1. The van der Waals surface area contributed by atoms with Gasteiger partial charge in [0.2, 0.25) is 0 Å². The van der Waals surface area contributed by atoms with Crippen LogP contribution in [0.5, 0.6) is 5.75 Å². The number of nitrogens with one attached hydrogen (secondary N) is 1. The lowest BCUT2D eigenvalue weighted by atomic mass is 9.85. The summed E-state index contributed by atoms with van der Waals surface area (Å²) in [5.41, 5.74) is 2.29. The van der Waals surface area contributed by atoms with Crippen molar-refractivity contribution in [2.24, 2.45) is 5.92 Å². The Bertz CT molecular complexity index is 708. The van der Waals surface area contributed by atoms with E-state index in [0.29, 0.717) is 12.6 Å². The van der Waals surface area contributed by atoms with Crippen molar-refractivity contribution < 1.29 is 14.6 Å². The first-order valence-electron chi connectivity index (χ1n) is 9.38. The number of carboxylic acid groups (broad SMARTS) is 1. The van der Waals surface area contributed by atoms with Gasteiger partial charge < -0.3 is 15.2 Å². The summed E-state index contributed by atoms with van der Waals surface area (Å²) >= 11 is 0. The highest BCUT2D eigenvalue weighted by Gasteiger charge is 2.27. The lowest BCUT2D eigenvalue weighted by Gasteiger charge is -2.30. The zero-order chi connectivity index (χ0) is 18.4. The fraction of sp³-hybridized carbons (Fsp3) is 0.409. The average Bonchev–Trinajstić information content (AvgIpc) is 2.68. The molecule has 2 aromatic rings. The smallest absolute Gasteiger partial charge is 0.306 e. The lowest BCUT2D eigenvalue weighted by Crippen LogP contribution is -2.36. The molecule has 26 heavy (non-hydrogen) atoms. The van der Waals surface area contributed by atoms with Crippen LogP contribution in [0.2, 0.25) is 0 Å². The van der Waals surface area contributed by atoms with E-state index in [1.807, 2.05) is 36.4 Å². The Morgan fingerprint density at radius 1 is 1.08 bits per heavy atom. The van der Waals surface area contributed by atoms with Crippen molar-refractivity contribution in [3.63, 3.8) is 0 Å². The maximum Gasteiger partial charge on any atom is 0.306 e. The first-order chi connectivity index (χ1) is 12.6. The van der Waals surface area contributed by atoms with Gasteiger partial charge in [-0.15, -0.1) is 0 Å². The molecule has 138 valence electrons. The minimum atomic E-state index is -0.656. The number of ether oxygens (including phenoxy) is 1. The van der Waals surface area contributed by atoms with Gasteiger partial charge in [0.15, 0.2) is 0 Å². The van der Waals surface area contributed by atoms with Gasteiger partial charge in [-0.3, -0.25) is 4.79 Å². The third-order valence-corrected chi connectivity index (χ3v) is 5.18. The Morgan fingerprint density at radius 2 is 1.73 bits per heavy atom. The number of carbonyl (C=O) groups is 1. The van der Waals surface area contributed by atoms with Crippen molar-refractivity contribution in [1.29, 1.82) is 0 Å². The molecule has 1 aliphatic rings. The fourth-order valence-corrected chi connectivity index (χ4v) is 3.66. The molecule has 0 amide bonds. The number of para-hydroxylation sites is 1. The maximum absolute atomic E-state index is 11.1. The summed E-state index contributed by atoms with van der Waals surface area (Å²) in [4.78, 5) is 11.1. The van der Waals surface area contributed by atoms with Crippen molar-refractivity contribution in [3.8, 4) is 5.75 Å². The third kappa shape index (κ3) is 4.85. The van der Waals surface area contributed by atoms with Gasteiger partial charge in [0.05, 0.1) is 5.92 Å². The van der Waals surface area contributed by atoms with Crippen LogP contribution < -0.4 is 10.1 Å². The quantitative estimate of drug-likeness (QED) is 0.766. The van der Waals surface area contributed by atoms with Crippen LogP contribution in [0.3, 0.4) is 0 Å². The molecular formula is C22H27NO3. The first kappa shape index (κ1) is 18.5. The number of benzene rings is 2. The molecule has 0 saturated heterocycles. The van der Waals surface area contributed by atoms with E-state index in [9.17, 15) is 4.79 Å².